The summed E-state index contributed by atoms with van der Waals surface area (Å²) in [4.78, 5) is 15.7. The van der Waals surface area contributed by atoms with Crippen LogP contribution in [-0.2, 0) is 0 Å². The third-order valence-electron chi connectivity index (χ3n) is 12.4. The smallest absolute Gasteiger partial charge is 0.238 e. The second kappa shape index (κ2) is 14.0. The lowest BCUT2D eigenvalue weighted by Gasteiger charge is -2.11. The predicted octanol–water partition coefficient (Wildman–Crippen LogP) is 14.6. The van der Waals surface area contributed by atoms with E-state index in [-0.39, 0.29) is 0 Å². The zero-order valence-corrected chi connectivity index (χ0v) is 33.9. The molecule has 0 radical (unpaired) electrons. The average Bonchev–Trinajstić information content (AvgIpc) is 4.00. The normalized spacial score (nSPS) is 11.8. The molecule has 0 aliphatic heterocycles. The topological polar surface area (TPSA) is 61.7 Å². The molecule has 0 N–H and O–H groups in total. The van der Waals surface area contributed by atoms with Gasteiger partial charge in [0.1, 0.15) is 11.2 Å². The van der Waals surface area contributed by atoms with E-state index in [2.05, 4.69) is 209 Å². The molecule has 9 aromatic carbocycles. The molecular formula is C57H35N5O. The number of para-hydroxylation sites is 3. The molecule has 0 unspecified atom stereocenters. The Kier molecular flexibility index (Phi) is 7.80. The van der Waals surface area contributed by atoms with Crippen LogP contribution >= 0.6 is 0 Å². The highest BCUT2D eigenvalue weighted by molar-refractivity contribution is 6.18. The second-order valence-corrected chi connectivity index (χ2v) is 16.0. The molecule has 63 heavy (non-hydrogen) atoms. The van der Waals surface area contributed by atoms with E-state index in [9.17, 15) is 0 Å². The van der Waals surface area contributed by atoms with Crippen LogP contribution in [-0.4, -0.2) is 24.1 Å². The minimum Gasteiger partial charge on any atom is -0.456 e. The molecule has 4 aromatic heterocycles. The molecule has 4 heterocycles. The number of hydrogen-bond donors (Lipinski definition) is 0. The van der Waals surface area contributed by atoms with Crippen LogP contribution in [0.5, 0.6) is 0 Å². The summed E-state index contributed by atoms with van der Waals surface area (Å²) in [5.74, 6) is 1.73. The van der Waals surface area contributed by atoms with Crippen molar-refractivity contribution >= 4 is 65.6 Å². The molecule has 0 aliphatic rings. The van der Waals surface area contributed by atoms with Crippen LogP contribution < -0.4 is 0 Å². The van der Waals surface area contributed by atoms with Crippen LogP contribution in [0.3, 0.4) is 0 Å². The molecule has 0 atom stereocenters. The third kappa shape index (κ3) is 5.69. The van der Waals surface area contributed by atoms with Gasteiger partial charge in [-0.25, -0.2) is 4.98 Å². The zero-order chi connectivity index (χ0) is 41.4. The Labute approximate surface area is 361 Å². The lowest BCUT2D eigenvalue weighted by molar-refractivity contribution is 0.669. The van der Waals surface area contributed by atoms with Gasteiger partial charge in [-0.2, -0.15) is 9.97 Å². The van der Waals surface area contributed by atoms with Gasteiger partial charge in [-0.1, -0.05) is 152 Å². The minimum atomic E-state index is 0.558. The van der Waals surface area contributed by atoms with Crippen molar-refractivity contribution in [3.05, 3.63) is 212 Å². The summed E-state index contributed by atoms with van der Waals surface area (Å²) in [7, 11) is 0. The van der Waals surface area contributed by atoms with Crippen LogP contribution in [0.25, 0.3) is 122 Å². The molecule has 0 aliphatic carbocycles. The molecule has 13 rings (SSSR count). The van der Waals surface area contributed by atoms with Crippen LogP contribution in [0.2, 0.25) is 0 Å². The molecule has 294 valence electrons. The molecule has 0 saturated carbocycles. The number of hydrogen-bond acceptors (Lipinski definition) is 4. The number of rotatable bonds is 6. The Bertz CT molecular complexity index is 3850. The Morgan fingerprint density at radius 1 is 0.286 bits per heavy atom. The van der Waals surface area contributed by atoms with Crippen molar-refractivity contribution in [2.45, 2.75) is 0 Å². The molecule has 6 nitrogen and oxygen atoms in total. The van der Waals surface area contributed by atoms with Gasteiger partial charge in [0.25, 0.3) is 0 Å². The zero-order valence-electron chi connectivity index (χ0n) is 33.9. The number of furan rings is 1. The van der Waals surface area contributed by atoms with E-state index in [1.165, 1.54) is 16.5 Å². The van der Waals surface area contributed by atoms with E-state index in [1.54, 1.807) is 0 Å². The van der Waals surface area contributed by atoms with Crippen molar-refractivity contribution in [3.8, 4) is 56.7 Å². The summed E-state index contributed by atoms with van der Waals surface area (Å²) < 4.78 is 11.2. The fraction of sp³-hybridized carbons (Fsp3) is 0. The molecule has 0 spiro atoms. The maximum atomic E-state index is 6.68. The monoisotopic (exact) mass is 805 g/mol. The molecule has 13 aromatic rings. The van der Waals surface area contributed by atoms with Crippen LogP contribution in [0.4, 0.5) is 0 Å². The van der Waals surface area contributed by atoms with E-state index in [0.29, 0.717) is 17.6 Å². The van der Waals surface area contributed by atoms with Crippen molar-refractivity contribution in [2.24, 2.45) is 0 Å². The highest BCUT2D eigenvalue weighted by Gasteiger charge is 2.20. The molecule has 0 fully saturated rings. The van der Waals surface area contributed by atoms with Crippen LogP contribution in [0.1, 0.15) is 0 Å². The first-order valence-electron chi connectivity index (χ1n) is 21.2. The molecule has 0 bridgehead atoms. The first kappa shape index (κ1) is 35.2. The quantitative estimate of drug-likeness (QED) is 0.168. The highest BCUT2D eigenvalue weighted by atomic mass is 16.3. The van der Waals surface area contributed by atoms with E-state index in [0.717, 1.165) is 88.1 Å². The van der Waals surface area contributed by atoms with Gasteiger partial charge in [0.05, 0.1) is 22.1 Å². The van der Waals surface area contributed by atoms with Crippen molar-refractivity contribution in [1.82, 2.24) is 24.1 Å². The summed E-state index contributed by atoms with van der Waals surface area (Å²) in [5, 5.41) is 6.67. The van der Waals surface area contributed by atoms with Gasteiger partial charge in [-0.3, -0.25) is 4.57 Å². The summed E-state index contributed by atoms with van der Waals surface area (Å²) in [5.41, 5.74) is 13.4. The molecule has 0 saturated heterocycles. The molecule has 0 amide bonds. The molecule has 6 heteroatoms. The number of benzene rings is 9. The first-order valence-corrected chi connectivity index (χ1v) is 21.2. The highest BCUT2D eigenvalue weighted by Crippen LogP contribution is 2.40. The van der Waals surface area contributed by atoms with Crippen molar-refractivity contribution in [2.75, 3.05) is 0 Å². The summed E-state index contributed by atoms with van der Waals surface area (Å²) >= 11 is 0. The van der Waals surface area contributed by atoms with Gasteiger partial charge in [-0.15, -0.1) is 0 Å². The van der Waals surface area contributed by atoms with E-state index in [4.69, 9.17) is 19.4 Å². The maximum Gasteiger partial charge on any atom is 0.238 e. The Morgan fingerprint density at radius 2 is 0.794 bits per heavy atom. The SMILES string of the molecule is c1ccc(-c2ccc(-c3nc(-c4ccc5oc6cc7c(cc6c5c4)c4ccccc4n7-c4cccc(-c5ccccc5)c4)nc(-n4c5ccccc5c5ccccc54)n3)cc2)cc1. The average molecular weight is 806 g/mol. The van der Waals surface area contributed by atoms with E-state index in [1.807, 2.05) is 12.1 Å². The first-order chi connectivity index (χ1) is 31.2. The maximum absolute atomic E-state index is 6.68. The van der Waals surface area contributed by atoms with Gasteiger partial charge in [0.15, 0.2) is 11.6 Å². The van der Waals surface area contributed by atoms with Crippen LogP contribution in [0, 0.1) is 0 Å². The number of fused-ring (bicyclic) bond motifs is 9. The van der Waals surface area contributed by atoms with Crippen molar-refractivity contribution in [1.29, 1.82) is 0 Å². The molecular weight excluding hydrogens is 771 g/mol. The number of nitrogens with zero attached hydrogens (tertiary/aromatic N) is 5. The Balaban J connectivity index is 0.997. The van der Waals surface area contributed by atoms with Gasteiger partial charge in [0, 0.05) is 55.2 Å². The van der Waals surface area contributed by atoms with Gasteiger partial charge in [-0.05, 0) is 76.9 Å². The van der Waals surface area contributed by atoms with Gasteiger partial charge < -0.3 is 8.98 Å². The second-order valence-electron chi connectivity index (χ2n) is 16.0. The van der Waals surface area contributed by atoms with Gasteiger partial charge in [0.2, 0.25) is 5.95 Å². The third-order valence-corrected chi connectivity index (χ3v) is 12.4. The largest absolute Gasteiger partial charge is 0.456 e. The van der Waals surface area contributed by atoms with E-state index >= 15 is 0 Å². The lowest BCUT2D eigenvalue weighted by Crippen LogP contribution is -2.06. The predicted molar refractivity (Wildman–Crippen MR) is 258 cm³/mol. The number of aromatic nitrogens is 5. The lowest BCUT2D eigenvalue weighted by atomic mass is 10.0. The fourth-order valence-electron chi connectivity index (χ4n) is 9.41. The summed E-state index contributed by atoms with van der Waals surface area (Å²) in [6.07, 6.45) is 0. The van der Waals surface area contributed by atoms with Crippen molar-refractivity contribution < 1.29 is 4.42 Å². The van der Waals surface area contributed by atoms with Crippen LogP contribution in [0.15, 0.2) is 217 Å². The summed E-state index contributed by atoms with van der Waals surface area (Å²) in [6, 6.07) is 74.5. The van der Waals surface area contributed by atoms with E-state index < -0.39 is 0 Å². The fourth-order valence-corrected chi connectivity index (χ4v) is 9.41. The van der Waals surface area contributed by atoms with Crippen molar-refractivity contribution in [3.63, 3.8) is 0 Å². The Morgan fingerprint density at radius 3 is 1.48 bits per heavy atom. The minimum absolute atomic E-state index is 0.558. The summed E-state index contributed by atoms with van der Waals surface area (Å²) in [6.45, 7) is 0. The van der Waals surface area contributed by atoms with Gasteiger partial charge >= 0.3 is 0 Å². The standard InChI is InChI=1S/C57H35N5O/c1-3-14-36(15-4-1)38-26-28-39(29-27-38)55-58-56(60-57(59-55)62-50-24-11-7-20-43(50)44-21-8-12-25-51(44)62)41-30-31-53-47(33-41)48-34-46-45-22-9-10-23-49(45)61(52(46)35-54(48)63-53)42-19-13-18-40(32-42)37-16-5-2-6-17-37/h1-35H. The Hall–Kier alpha value is -8.61.